The Kier molecular flexibility index (Phi) is 3.70. The Balaban J connectivity index is 1.51. The predicted molar refractivity (Wildman–Crippen MR) is 94.4 cm³/mol. The van der Waals surface area contributed by atoms with Crippen molar-refractivity contribution in [2.24, 2.45) is 0 Å². The molecule has 0 radical (unpaired) electrons. The number of carbonyl (C=O) groups is 1. The van der Waals surface area contributed by atoms with E-state index in [0.29, 0.717) is 17.0 Å². The number of fused-ring (bicyclic) bond motifs is 1. The highest BCUT2D eigenvalue weighted by molar-refractivity contribution is 6.06. The van der Waals surface area contributed by atoms with Gasteiger partial charge in [-0.05, 0) is 60.7 Å². The van der Waals surface area contributed by atoms with Gasteiger partial charge < -0.3 is 15.2 Å². The number of ketones is 1. The summed E-state index contributed by atoms with van der Waals surface area (Å²) < 4.78 is 10.7. The van der Waals surface area contributed by atoms with E-state index in [-0.39, 0.29) is 12.6 Å². The van der Waals surface area contributed by atoms with Crippen LogP contribution < -0.4 is 15.2 Å². The molecule has 25 heavy (non-hydrogen) atoms. The molecule has 1 aliphatic rings. The van der Waals surface area contributed by atoms with Crippen LogP contribution >= 0.6 is 0 Å². The summed E-state index contributed by atoms with van der Waals surface area (Å²) in [5.74, 6) is 1.34. The Morgan fingerprint density at radius 3 is 2.72 bits per heavy atom. The number of nitrogens with zero attached hydrogens (tertiary/aromatic N) is 1. The van der Waals surface area contributed by atoms with E-state index < -0.39 is 0 Å². The molecule has 124 valence electrons. The van der Waals surface area contributed by atoms with Crippen molar-refractivity contribution in [1.29, 1.82) is 0 Å². The van der Waals surface area contributed by atoms with Gasteiger partial charge in [-0.3, -0.25) is 9.89 Å². The Bertz CT molecular complexity index is 958. The zero-order valence-corrected chi connectivity index (χ0v) is 13.2. The molecule has 0 bridgehead atoms. The number of carbonyl (C=O) groups excluding carboxylic acids is 1. The molecule has 0 amide bonds. The number of H-pyrrole nitrogens is 1. The molecule has 0 spiro atoms. The lowest BCUT2D eigenvalue weighted by Gasteiger charge is -1.98. The quantitative estimate of drug-likeness (QED) is 0.434. The van der Waals surface area contributed by atoms with Gasteiger partial charge in [0, 0.05) is 16.8 Å². The van der Waals surface area contributed by atoms with E-state index >= 15 is 0 Å². The first-order valence-electron chi connectivity index (χ1n) is 7.72. The normalized spacial score (nSPS) is 12.6. The van der Waals surface area contributed by atoms with Gasteiger partial charge in [-0.1, -0.05) is 0 Å². The molecular formula is C19H15N3O3. The van der Waals surface area contributed by atoms with E-state index in [1.165, 1.54) is 6.08 Å². The van der Waals surface area contributed by atoms with Crippen LogP contribution in [0.15, 0.2) is 54.6 Å². The maximum Gasteiger partial charge on any atom is 0.231 e. The van der Waals surface area contributed by atoms with Crippen LogP contribution in [0.25, 0.3) is 17.3 Å². The molecule has 0 saturated heterocycles. The third-order valence-corrected chi connectivity index (χ3v) is 3.88. The number of rotatable bonds is 4. The molecule has 4 rings (SSSR count). The molecule has 0 saturated carbocycles. The van der Waals surface area contributed by atoms with Crippen molar-refractivity contribution in [1.82, 2.24) is 10.2 Å². The number of allylic oxidation sites excluding steroid dienone is 1. The summed E-state index contributed by atoms with van der Waals surface area (Å²) in [5.41, 5.74) is 9.24. The fourth-order valence-electron chi connectivity index (χ4n) is 2.53. The van der Waals surface area contributed by atoms with E-state index in [9.17, 15) is 4.79 Å². The van der Waals surface area contributed by atoms with Gasteiger partial charge in [-0.25, -0.2) is 0 Å². The van der Waals surface area contributed by atoms with Gasteiger partial charge in [-0.2, -0.15) is 5.10 Å². The number of hydrogen-bond acceptors (Lipinski definition) is 5. The highest BCUT2D eigenvalue weighted by atomic mass is 16.7. The maximum absolute atomic E-state index is 12.1. The van der Waals surface area contributed by atoms with Crippen LogP contribution in [-0.2, 0) is 0 Å². The minimum atomic E-state index is -0.0979. The number of nitrogens with one attached hydrogen (secondary N) is 1. The zero-order valence-electron chi connectivity index (χ0n) is 13.2. The standard InChI is InChI=1S/C19H15N3O3/c20-14-4-1-12(2-5-14)17(23)7-6-15-10-16(22-21-15)13-3-8-18-19(9-13)25-11-24-18/h1-10H,11,20H2,(H,21,22)/b7-6+. The number of nitrogens with two attached hydrogens (primary N) is 1. The molecule has 0 aliphatic carbocycles. The number of aromatic nitrogens is 2. The molecule has 1 aromatic heterocycles. The van der Waals surface area contributed by atoms with E-state index in [4.69, 9.17) is 15.2 Å². The second-order valence-electron chi connectivity index (χ2n) is 5.60. The monoisotopic (exact) mass is 333 g/mol. The number of hydrogen-bond donors (Lipinski definition) is 2. The Morgan fingerprint density at radius 1 is 1.08 bits per heavy atom. The van der Waals surface area contributed by atoms with E-state index in [2.05, 4.69) is 10.2 Å². The topological polar surface area (TPSA) is 90.2 Å². The summed E-state index contributed by atoms with van der Waals surface area (Å²) >= 11 is 0. The number of nitrogen functional groups attached to an aromatic ring is 1. The van der Waals surface area contributed by atoms with Gasteiger partial charge in [0.05, 0.1) is 11.4 Å². The van der Waals surface area contributed by atoms with Crippen molar-refractivity contribution in [3.8, 4) is 22.8 Å². The van der Waals surface area contributed by atoms with Crippen molar-refractivity contribution in [2.75, 3.05) is 12.5 Å². The summed E-state index contributed by atoms with van der Waals surface area (Å²) in [5, 5.41) is 7.18. The van der Waals surface area contributed by atoms with Crippen molar-refractivity contribution >= 4 is 17.5 Å². The van der Waals surface area contributed by atoms with E-state index in [0.717, 1.165) is 22.7 Å². The molecule has 3 N–H and O–H groups in total. The Hall–Kier alpha value is -3.54. The molecule has 2 aromatic carbocycles. The highest BCUT2D eigenvalue weighted by Crippen LogP contribution is 2.35. The third-order valence-electron chi connectivity index (χ3n) is 3.88. The minimum Gasteiger partial charge on any atom is -0.454 e. The highest BCUT2D eigenvalue weighted by Gasteiger charge is 2.14. The molecule has 1 aliphatic heterocycles. The first kappa shape index (κ1) is 15.0. The Morgan fingerprint density at radius 2 is 1.88 bits per heavy atom. The molecule has 0 unspecified atom stereocenters. The van der Waals surface area contributed by atoms with Crippen molar-refractivity contribution in [3.63, 3.8) is 0 Å². The van der Waals surface area contributed by atoms with Crippen LogP contribution in [0.4, 0.5) is 5.69 Å². The number of ether oxygens (including phenoxy) is 2. The summed E-state index contributed by atoms with van der Waals surface area (Å²) in [7, 11) is 0. The smallest absolute Gasteiger partial charge is 0.231 e. The van der Waals surface area contributed by atoms with Crippen LogP contribution in [0.1, 0.15) is 16.1 Å². The predicted octanol–water partition coefficient (Wildman–Crippen LogP) is 3.28. The number of benzene rings is 2. The first-order chi connectivity index (χ1) is 12.2. The summed E-state index contributed by atoms with van der Waals surface area (Å²) in [6, 6.07) is 14.3. The molecule has 3 aromatic rings. The maximum atomic E-state index is 12.1. The van der Waals surface area contributed by atoms with Crippen molar-refractivity contribution in [2.45, 2.75) is 0 Å². The van der Waals surface area contributed by atoms with Crippen LogP contribution in [0.5, 0.6) is 11.5 Å². The van der Waals surface area contributed by atoms with Gasteiger partial charge in [0.2, 0.25) is 6.79 Å². The van der Waals surface area contributed by atoms with Crippen LogP contribution in [0.3, 0.4) is 0 Å². The number of anilines is 1. The fourth-order valence-corrected chi connectivity index (χ4v) is 2.53. The van der Waals surface area contributed by atoms with Gasteiger partial charge >= 0.3 is 0 Å². The van der Waals surface area contributed by atoms with Crippen molar-refractivity contribution < 1.29 is 14.3 Å². The second kappa shape index (κ2) is 6.16. The van der Waals surface area contributed by atoms with Gasteiger partial charge in [-0.15, -0.1) is 0 Å². The van der Waals surface area contributed by atoms with Crippen LogP contribution in [0.2, 0.25) is 0 Å². The molecule has 0 atom stereocenters. The fraction of sp³-hybridized carbons (Fsp3) is 0.0526. The van der Waals surface area contributed by atoms with E-state index in [1.807, 2.05) is 24.3 Å². The lowest BCUT2D eigenvalue weighted by molar-refractivity contribution is 0.104. The summed E-state index contributed by atoms with van der Waals surface area (Å²) in [6.45, 7) is 0.237. The number of aromatic amines is 1. The van der Waals surface area contributed by atoms with E-state index in [1.54, 1.807) is 30.3 Å². The molecule has 0 fully saturated rings. The molecular weight excluding hydrogens is 318 g/mol. The summed E-state index contributed by atoms with van der Waals surface area (Å²) in [4.78, 5) is 12.1. The van der Waals surface area contributed by atoms with Gasteiger partial charge in [0.25, 0.3) is 0 Å². The molecule has 6 nitrogen and oxygen atoms in total. The average molecular weight is 333 g/mol. The second-order valence-corrected chi connectivity index (χ2v) is 5.60. The SMILES string of the molecule is Nc1ccc(C(=O)/C=C/c2cc(-c3ccc4c(c3)OCO4)n[nH]2)cc1. The average Bonchev–Trinajstić information content (AvgIpc) is 3.28. The zero-order chi connectivity index (χ0) is 17.2. The lowest BCUT2D eigenvalue weighted by Crippen LogP contribution is -1.94. The van der Waals surface area contributed by atoms with Crippen LogP contribution in [-0.4, -0.2) is 22.8 Å². The largest absolute Gasteiger partial charge is 0.454 e. The Labute approximate surface area is 143 Å². The summed E-state index contributed by atoms with van der Waals surface area (Å²) in [6.07, 6.45) is 3.20. The lowest BCUT2D eigenvalue weighted by atomic mass is 10.1. The molecule has 2 heterocycles. The minimum absolute atomic E-state index is 0.0979. The van der Waals surface area contributed by atoms with Crippen LogP contribution in [0, 0.1) is 0 Å². The van der Waals surface area contributed by atoms with Gasteiger partial charge in [0.15, 0.2) is 17.3 Å². The van der Waals surface area contributed by atoms with Crippen molar-refractivity contribution in [3.05, 3.63) is 65.9 Å². The first-order valence-corrected chi connectivity index (χ1v) is 7.72. The van der Waals surface area contributed by atoms with Gasteiger partial charge in [0.1, 0.15) is 0 Å². The third kappa shape index (κ3) is 3.10. The molecule has 6 heteroatoms.